The van der Waals surface area contributed by atoms with Gasteiger partial charge in [0, 0.05) is 12.7 Å². The Morgan fingerprint density at radius 2 is 2.44 bits per heavy atom. The van der Waals surface area contributed by atoms with Gasteiger partial charge in [-0.3, -0.25) is 0 Å². The Bertz CT molecular complexity index is 355. The first kappa shape index (κ1) is 11.4. The van der Waals surface area contributed by atoms with Crippen LogP contribution in [0.2, 0.25) is 0 Å². The Kier molecular flexibility index (Phi) is 3.41. The second kappa shape index (κ2) is 4.80. The van der Waals surface area contributed by atoms with Gasteiger partial charge in [-0.2, -0.15) is 0 Å². The van der Waals surface area contributed by atoms with E-state index >= 15 is 0 Å². The highest BCUT2D eigenvalue weighted by Crippen LogP contribution is 2.21. The maximum Gasteiger partial charge on any atom is 0.129 e. The molecule has 88 valence electrons. The fourth-order valence-electron chi connectivity index (χ4n) is 1.92. The third-order valence-corrected chi connectivity index (χ3v) is 2.91. The predicted molar refractivity (Wildman–Crippen MR) is 62.5 cm³/mol. The minimum atomic E-state index is -0.446. The van der Waals surface area contributed by atoms with Crippen LogP contribution in [-0.2, 0) is 4.74 Å². The monoisotopic (exact) mass is 222 g/mol. The third kappa shape index (κ3) is 2.33. The number of aliphatic hydroxyl groups is 1. The molecule has 1 aromatic rings. The SMILES string of the molecule is CC1COCCN1c1cc([C@H](C)O)ccn1. The Hall–Kier alpha value is -1.13. The number of aromatic nitrogens is 1. The van der Waals surface area contributed by atoms with Crippen LogP contribution in [0, 0.1) is 0 Å². The Morgan fingerprint density at radius 1 is 1.62 bits per heavy atom. The van der Waals surface area contributed by atoms with Gasteiger partial charge in [-0.1, -0.05) is 0 Å². The van der Waals surface area contributed by atoms with Gasteiger partial charge in [0.2, 0.25) is 0 Å². The summed E-state index contributed by atoms with van der Waals surface area (Å²) >= 11 is 0. The number of rotatable bonds is 2. The molecule has 1 saturated heterocycles. The van der Waals surface area contributed by atoms with Gasteiger partial charge >= 0.3 is 0 Å². The molecule has 4 nitrogen and oxygen atoms in total. The molecule has 16 heavy (non-hydrogen) atoms. The molecule has 0 amide bonds. The summed E-state index contributed by atoms with van der Waals surface area (Å²) in [5.41, 5.74) is 0.906. The molecular weight excluding hydrogens is 204 g/mol. The molecule has 2 rings (SSSR count). The first-order chi connectivity index (χ1) is 7.68. The highest BCUT2D eigenvalue weighted by molar-refractivity contribution is 5.43. The van der Waals surface area contributed by atoms with Crippen LogP contribution < -0.4 is 4.90 Å². The molecule has 1 unspecified atom stereocenters. The van der Waals surface area contributed by atoms with Crippen molar-refractivity contribution < 1.29 is 9.84 Å². The molecule has 1 aromatic heterocycles. The van der Waals surface area contributed by atoms with Gasteiger partial charge in [0.15, 0.2) is 0 Å². The topological polar surface area (TPSA) is 45.6 Å². The van der Waals surface area contributed by atoms with Crippen LogP contribution in [0.3, 0.4) is 0 Å². The fraction of sp³-hybridized carbons (Fsp3) is 0.583. The van der Waals surface area contributed by atoms with Crippen LogP contribution in [-0.4, -0.2) is 35.9 Å². The lowest BCUT2D eigenvalue weighted by Crippen LogP contribution is -2.44. The number of pyridine rings is 1. The summed E-state index contributed by atoms with van der Waals surface area (Å²) in [4.78, 5) is 6.57. The molecule has 0 aromatic carbocycles. The van der Waals surface area contributed by atoms with Crippen LogP contribution in [0.4, 0.5) is 5.82 Å². The number of anilines is 1. The van der Waals surface area contributed by atoms with Crippen molar-refractivity contribution in [3.63, 3.8) is 0 Å². The molecule has 0 bridgehead atoms. The van der Waals surface area contributed by atoms with E-state index in [1.165, 1.54) is 0 Å². The van der Waals surface area contributed by atoms with Crippen molar-refractivity contribution in [2.24, 2.45) is 0 Å². The smallest absolute Gasteiger partial charge is 0.129 e. The van der Waals surface area contributed by atoms with Crippen LogP contribution in [0.1, 0.15) is 25.5 Å². The molecule has 4 heteroatoms. The van der Waals surface area contributed by atoms with Crippen molar-refractivity contribution in [2.75, 3.05) is 24.7 Å². The van der Waals surface area contributed by atoms with Gasteiger partial charge in [-0.05, 0) is 31.5 Å². The Morgan fingerprint density at radius 3 is 3.12 bits per heavy atom. The van der Waals surface area contributed by atoms with E-state index in [4.69, 9.17) is 4.74 Å². The van der Waals surface area contributed by atoms with Gasteiger partial charge in [-0.25, -0.2) is 4.98 Å². The third-order valence-electron chi connectivity index (χ3n) is 2.91. The summed E-state index contributed by atoms with van der Waals surface area (Å²) in [5, 5.41) is 9.54. The fourth-order valence-corrected chi connectivity index (χ4v) is 1.92. The molecule has 0 spiro atoms. The maximum atomic E-state index is 9.54. The lowest BCUT2D eigenvalue weighted by atomic mass is 10.1. The van der Waals surface area contributed by atoms with Crippen LogP contribution in [0.15, 0.2) is 18.3 Å². The quantitative estimate of drug-likeness (QED) is 0.820. The largest absolute Gasteiger partial charge is 0.389 e. The molecule has 1 aliphatic heterocycles. The van der Waals surface area contributed by atoms with E-state index in [1.54, 1.807) is 13.1 Å². The first-order valence-corrected chi connectivity index (χ1v) is 5.67. The van der Waals surface area contributed by atoms with E-state index in [9.17, 15) is 5.11 Å². The van der Waals surface area contributed by atoms with E-state index in [0.717, 1.165) is 31.1 Å². The van der Waals surface area contributed by atoms with Gasteiger partial charge in [0.1, 0.15) is 5.82 Å². The van der Waals surface area contributed by atoms with E-state index in [0.29, 0.717) is 6.04 Å². The number of hydrogen-bond donors (Lipinski definition) is 1. The molecule has 1 fully saturated rings. The van der Waals surface area contributed by atoms with Crippen molar-refractivity contribution >= 4 is 5.82 Å². The molecule has 0 aliphatic carbocycles. The Labute approximate surface area is 95.9 Å². The number of aliphatic hydroxyl groups excluding tert-OH is 1. The van der Waals surface area contributed by atoms with E-state index in [2.05, 4.69) is 16.8 Å². The van der Waals surface area contributed by atoms with E-state index in [-0.39, 0.29) is 0 Å². The zero-order chi connectivity index (χ0) is 11.5. The van der Waals surface area contributed by atoms with Crippen molar-refractivity contribution in [1.29, 1.82) is 0 Å². The summed E-state index contributed by atoms with van der Waals surface area (Å²) in [6.45, 7) is 6.22. The van der Waals surface area contributed by atoms with Crippen molar-refractivity contribution in [2.45, 2.75) is 26.0 Å². The van der Waals surface area contributed by atoms with Gasteiger partial charge in [-0.15, -0.1) is 0 Å². The standard InChI is InChI=1S/C12H18N2O2/c1-9-8-16-6-5-14(9)12-7-11(10(2)15)3-4-13-12/h3-4,7,9-10,15H,5-6,8H2,1-2H3/t9?,10-/m0/s1. The number of hydrogen-bond acceptors (Lipinski definition) is 4. The Balaban J connectivity index is 2.21. The van der Waals surface area contributed by atoms with Crippen LogP contribution in [0.25, 0.3) is 0 Å². The number of nitrogens with zero attached hydrogens (tertiary/aromatic N) is 2. The summed E-state index contributed by atoms with van der Waals surface area (Å²) in [7, 11) is 0. The first-order valence-electron chi connectivity index (χ1n) is 5.67. The number of morpholine rings is 1. The van der Waals surface area contributed by atoms with Gasteiger partial charge in [0.25, 0.3) is 0 Å². The predicted octanol–water partition coefficient (Wildman–Crippen LogP) is 1.36. The lowest BCUT2D eigenvalue weighted by Gasteiger charge is -2.34. The number of ether oxygens (including phenoxy) is 1. The minimum absolute atomic E-state index is 0.338. The second-order valence-corrected chi connectivity index (χ2v) is 4.24. The summed E-state index contributed by atoms with van der Waals surface area (Å²) in [6.07, 6.45) is 1.30. The summed E-state index contributed by atoms with van der Waals surface area (Å²) in [6, 6.07) is 4.14. The normalized spacial score (nSPS) is 23.2. The minimum Gasteiger partial charge on any atom is -0.389 e. The highest BCUT2D eigenvalue weighted by atomic mass is 16.5. The molecule has 1 aliphatic rings. The lowest BCUT2D eigenvalue weighted by molar-refractivity contribution is 0.0985. The van der Waals surface area contributed by atoms with Crippen molar-refractivity contribution in [1.82, 2.24) is 4.98 Å². The molecule has 1 N–H and O–H groups in total. The van der Waals surface area contributed by atoms with Crippen molar-refractivity contribution in [3.05, 3.63) is 23.9 Å². The molecule has 2 heterocycles. The van der Waals surface area contributed by atoms with Crippen molar-refractivity contribution in [3.8, 4) is 0 Å². The zero-order valence-electron chi connectivity index (χ0n) is 9.76. The van der Waals surface area contributed by atoms with E-state index < -0.39 is 6.10 Å². The molecule has 0 saturated carbocycles. The second-order valence-electron chi connectivity index (χ2n) is 4.24. The zero-order valence-corrected chi connectivity index (χ0v) is 9.76. The molecule has 2 atom stereocenters. The average Bonchev–Trinajstić information content (AvgIpc) is 2.30. The van der Waals surface area contributed by atoms with Crippen LogP contribution >= 0.6 is 0 Å². The molecule has 0 radical (unpaired) electrons. The van der Waals surface area contributed by atoms with Crippen LogP contribution in [0.5, 0.6) is 0 Å². The average molecular weight is 222 g/mol. The summed E-state index contributed by atoms with van der Waals surface area (Å²) in [5.74, 6) is 0.925. The highest BCUT2D eigenvalue weighted by Gasteiger charge is 2.20. The maximum absolute atomic E-state index is 9.54. The van der Waals surface area contributed by atoms with Gasteiger partial charge in [0.05, 0.1) is 25.4 Å². The van der Waals surface area contributed by atoms with Gasteiger partial charge < -0.3 is 14.7 Å². The van der Waals surface area contributed by atoms with E-state index in [1.807, 2.05) is 12.1 Å². The molecular formula is C12H18N2O2. The summed E-state index contributed by atoms with van der Waals surface area (Å²) < 4.78 is 5.39.